The SMILES string of the molecule is CB(C)c1cncc(C#N)c1.N#Cc1cncc(B(O)O)c1.[OH3+]. The Hall–Kier alpha value is -2.71. The number of hydrogen-bond acceptors (Lipinski definition) is 6. The maximum atomic E-state index is 8.65. The molecule has 0 bridgehead atoms. The maximum Gasteiger partial charge on any atom is 0.490 e. The van der Waals surface area contributed by atoms with E-state index in [2.05, 4.69) is 29.7 Å². The van der Waals surface area contributed by atoms with Gasteiger partial charge in [-0.2, -0.15) is 10.5 Å². The molecular formula is C14H17B2N4O3+. The van der Waals surface area contributed by atoms with E-state index >= 15 is 0 Å². The third-order valence-corrected chi connectivity index (χ3v) is 2.74. The van der Waals surface area contributed by atoms with Gasteiger partial charge in [-0.15, -0.1) is 0 Å². The lowest BCUT2D eigenvalue weighted by molar-refractivity contribution is 0.425. The minimum atomic E-state index is -1.56. The average Bonchev–Trinajstić information content (AvgIpc) is 2.55. The lowest BCUT2D eigenvalue weighted by Gasteiger charge is -1.99. The second-order valence-corrected chi connectivity index (χ2v) is 4.77. The van der Waals surface area contributed by atoms with E-state index in [0.717, 1.165) is 5.46 Å². The minimum Gasteiger partial charge on any atom is -0.457 e. The molecule has 116 valence electrons. The van der Waals surface area contributed by atoms with Crippen LogP contribution in [0.3, 0.4) is 0 Å². The molecule has 0 amide bonds. The van der Waals surface area contributed by atoms with Crippen molar-refractivity contribution in [2.24, 2.45) is 0 Å². The average molecular weight is 311 g/mol. The number of hydrogen-bond donors (Lipinski definition) is 2. The molecule has 2 aromatic heterocycles. The minimum absolute atomic E-state index is 0. The smallest absolute Gasteiger partial charge is 0.457 e. The second-order valence-electron chi connectivity index (χ2n) is 4.77. The van der Waals surface area contributed by atoms with Crippen LogP contribution in [0.5, 0.6) is 0 Å². The predicted octanol–water partition coefficient (Wildman–Crippen LogP) is -1.37. The van der Waals surface area contributed by atoms with Crippen LogP contribution in [0.4, 0.5) is 0 Å². The largest absolute Gasteiger partial charge is 0.490 e. The molecule has 0 atom stereocenters. The van der Waals surface area contributed by atoms with Crippen LogP contribution in [0.25, 0.3) is 0 Å². The van der Waals surface area contributed by atoms with Gasteiger partial charge in [0.1, 0.15) is 12.1 Å². The molecule has 0 aliphatic heterocycles. The van der Waals surface area contributed by atoms with E-state index in [-0.39, 0.29) is 10.9 Å². The number of nitrogens with zero attached hydrogens (tertiary/aromatic N) is 4. The van der Waals surface area contributed by atoms with Crippen LogP contribution >= 0.6 is 0 Å². The maximum absolute atomic E-state index is 8.65. The van der Waals surface area contributed by atoms with Crippen molar-refractivity contribution in [3.8, 4) is 12.1 Å². The van der Waals surface area contributed by atoms with E-state index < -0.39 is 7.12 Å². The topological polar surface area (TPSA) is 147 Å². The molecule has 7 nitrogen and oxygen atoms in total. The molecule has 0 saturated heterocycles. The van der Waals surface area contributed by atoms with Gasteiger partial charge >= 0.3 is 7.12 Å². The van der Waals surface area contributed by atoms with Gasteiger partial charge in [0.15, 0.2) is 6.71 Å². The van der Waals surface area contributed by atoms with Crippen LogP contribution < -0.4 is 10.9 Å². The number of pyridine rings is 2. The standard InChI is InChI=1S/C8H9BN2.C6H5BN2O2.H2O/c1-9(2)8-3-7(4-10)5-11-6-8;8-2-5-1-6(7(10)11)4-9-3-5;/h3,5-6H,1-2H3;1,3-4,10-11H;1H2/p+1. The summed E-state index contributed by atoms with van der Waals surface area (Å²) in [6.07, 6.45) is 6.02. The summed E-state index contributed by atoms with van der Waals surface area (Å²) in [4.78, 5) is 7.59. The van der Waals surface area contributed by atoms with E-state index in [0.29, 0.717) is 17.8 Å². The van der Waals surface area contributed by atoms with Crippen LogP contribution in [0.15, 0.2) is 36.9 Å². The summed E-state index contributed by atoms with van der Waals surface area (Å²) in [5.74, 6) is 0. The summed E-state index contributed by atoms with van der Waals surface area (Å²) in [6, 6.07) is 7.14. The first-order valence-corrected chi connectivity index (χ1v) is 6.54. The second kappa shape index (κ2) is 10.1. The van der Waals surface area contributed by atoms with E-state index in [4.69, 9.17) is 20.6 Å². The van der Waals surface area contributed by atoms with Crippen molar-refractivity contribution in [3.05, 3.63) is 48.0 Å². The van der Waals surface area contributed by atoms with Crippen molar-refractivity contribution >= 4 is 24.8 Å². The fourth-order valence-corrected chi connectivity index (χ4v) is 1.49. The first-order chi connectivity index (χ1) is 10.5. The zero-order valence-corrected chi connectivity index (χ0v) is 12.9. The fourth-order valence-electron chi connectivity index (χ4n) is 1.49. The van der Waals surface area contributed by atoms with Crippen LogP contribution in [-0.2, 0) is 5.48 Å². The Bertz CT molecular complexity index is 650. The molecule has 0 aliphatic rings. The number of nitriles is 2. The highest BCUT2D eigenvalue weighted by atomic mass is 16.4. The molecule has 9 heteroatoms. The summed E-state index contributed by atoms with van der Waals surface area (Å²) >= 11 is 0. The Morgan fingerprint density at radius 2 is 1.30 bits per heavy atom. The monoisotopic (exact) mass is 311 g/mol. The van der Waals surface area contributed by atoms with E-state index in [1.54, 1.807) is 12.4 Å². The van der Waals surface area contributed by atoms with Gasteiger partial charge in [0, 0.05) is 30.3 Å². The first-order valence-electron chi connectivity index (χ1n) is 6.54. The summed E-state index contributed by atoms with van der Waals surface area (Å²) in [7, 11) is -1.56. The molecule has 0 spiro atoms. The molecule has 0 fully saturated rings. The molecule has 2 rings (SSSR count). The van der Waals surface area contributed by atoms with Gasteiger partial charge in [0.2, 0.25) is 0 Å². The van der Waals surface area contributed by atoms with Gasteiger partial charge in [-0.1, -0.05) is 19.1 Å². The van der Waals surface area contributed by atoms with Crippen molar-refractivity contribution in [2.45, 2.75) is 13.6 Å². The van der Waals surface area contributed by atoms with Gasteiger partial charge in [0.05, 0.1) is 11.1 Å². The van der Waals surface area contributed by atoms with Gasteiger partial charge < -0.3 is 15.5 Å². The van der Waals surface area contributed by atoms with Crippen LogP contribution in [0.2, 0.25) is 13.6 Å². The van der Waals surface area contributed by atoms with E-state index in [1.807, 2.05) is 12.1 Å². The van der Waals surface area contributed by atoms with Crippen LogP contribution in [-0.4, -0.2) is 33.8 Å². The Kier molecular flexibility index (Phi) is 8.90. The Balaban J connectivity index is 0.000000403. The van der Waals surface area contributed by atoms with Gasteiger partial charge in [-0.25, -0.2) is 0 Å². The third-order valence-electron chi connectivity index (χ3n) is 2.74. The molecule has 0 aromatic carbocycles. The summed E-state index contributed by atoms with van der Waals surface area (Å²) in [6.45, 7) is 4.60. The molecule has 2 heterocycles. The molecule has 0 aliphatic carbocycles. The summed E-state index contributed by atoms with van der Waals surface area (Å²) in [5, 5.41) is 34.2. The third kappa shape index (κ3) is 6.72. The van der Waals surface area contributed by atoms with Crippen molar-refractivity contribution in [1.29, 1.82) is 10.5 Å². The molecule has 23 heavy (non-hydrogen) atoms. The molecule has 0 saturated carbocycles. The Morgan fingerprint density at radius 3 is 1.70 bits per heavy atom. The van der Waals surface area contributed by atoms with Gasteiger partial charge in [0.25, 0.3) is 0 Å². The highest BCUT2D eigenvalue weighted by Crippen LogP contribution is 1.92. The normalized spacial score (nSPS) is 8.43. The van der Waals surface area contributed by atoms with Gasteiger partial charge in [-0.3, -0.25) is 9.97 Å². The van der Waals surface area contributed by atoms with Crippen molar-refractivity contribution < 1.29 is 15.5 Å². The fraction of sp³-hybridized carbons (Fsp3) is 0.143. The number of aromatic nitrogens is 2. The first kappa shape index (κ1) is 20.3. The van der Waals surface area contributed by atoms with Gasteiger partial charge in [-0.05, 0) is 12.1 Å². The van der Waals surface area contributed by atoms with E-state index in [1.165, 1.54) is 18.5 Å². The Morgan fingerprint density at radius 1 is 0.870 bits per heavy atom. The predicted molar refractivity (Wildman–Crippen MR) is 89.7 cm³/mol. The number of rotatable bonds is 2. The quantitative estimate of drug-likeness (QED) is 0.516. The van der Waals surface area contributed by atoms with Crippen LogP contribution in [0.1, 0.15) is 11.1 Å². The van der Waals surface area contributed by atoms with Crippen molar-refractivity contribution in [3.63, 3.8) is 0 Å². The lowest BCUT2D eigenvalue weighted by Crippen LogP contribution is -2.30. The molecule has 5 N–H and O–H groups in total. The summed E-state index contributed by atoms with van der Waals surface area (Å²) < 4.78 is 0. The zero-order valence-electron chi connectivity index (χ0n) is 12.9. The molecule has 0 unspecified atom stereocenters. The van der Waals surface area contributed by atoms with Crippen molar-refractivity contribution in [1.82, 2.24) is 9.97 Å². The molecule has 2 aromatic rings. The summed E-state index contributed by atoms with van der Waals surface area (Å²) in [5.41, 5.74) is 2.29. The molecule has 0 radical (unpaired) electrons. The highest BCUT2D eigenvalue weighted by Gasteiger charge is 2.10. The highest BCUT2D eigenvalue weighted by molar-refractivity contribution is 6.70. The lowest BCUT2D eigenvalue weighted by atomic mass is 9.50. The molecular weight excluding hydrogens is 294 g/mol. The zero-order chi connectivity index (χ0) is 16.5. The van der Waals surface area contributed by atoms with Crippen molar-refractivity contribution in [2.75, 3.05) is 0 Å². The van der Waals surface area contributed by atoms with Crippen LogP contribution in [0, 0.1) is 22.7 Å². The Labute approximate surface area is 135 Å². The van der Waals surface area contributed by atoms with E-state index in [9.17, 15) is 0 Å².